The molecule has 0 bridgehead atoms. The van der Waals surface area contributed by atoms with E-state index in [-0.39, 0.29) is 25.7 Å². The minimum Gasteiger partial charge on any atom is -0.462 e. The van der Waals surface area contributed by atoms with Crippen molar-refractivity contribution >= 4 is 39.5 Å². The lowest BCUT2D eigenvalue weighted by Crippen LogP contribution is -2.30. The Bertz CT molecular complexity index is 2010. The zero-order valence-electron chi connectivity index (χ0n) is 69.6. The number of unbranched alkanes of at least 4 members (excludes halogenated alkanes) is 59. The summed E-state index contributed by atoms with van der Waals surface area (Å²) in [6, 6.07) is 0. The summed E-state index contributed by atoms with van der Waals surface area (Å²) in [6.45, 7) is 7.37. The van der Waals surface area contributed by atoms with Crippen molar-refractivity contribution in [1.82, 2.24) is 0 Å². The number of aliphatic hydroxyl groups is 1. The van der Waals surface area contributed by atoms with Gasteiger partial charge in [0.25, 0.3) is 0 Å². The molecular formula is C87H170O17P2. The van der Waals surface area contributed by atoms with Crippen LogP contribution in [0.25, 0.3) is 0 Å². The number of carbonyl (C=O) groups excluding carboxylic acids is 4. The smallest absolute Gasteiger partial charge is 0.462 e. The van der Waals surface area contributed by atoms with Gasteiger partial charge in [0.15, 0.2) is 12.2 Å². The van der Waals surface area contributed by atoms with Gasteiger partial charge in [0.05, 0.1) is 26.4 Å². The van der Waals surface area contributed by atoms with Crippen LogP contribution >= 0.6 is 15.6 Å². The lowest BCUT2D eigenvalue weighted by atomic mass is 10.0. The van der Waals surface area contributed by atoms with Crippen LogP contribution < -0.4 is 0 Å². The van der Waals surface area contributed by atoms with Gasteiger partial charge < -0.3 is 33.8 Å². The van der Waals surface area contributed by atoms with Crippen LogP contribution in [-0.4, -0.2) is 96.7 Å². The van der Waals surface area contributed by atoms with Gasteiger partial charge in [-0.25, -0.2) is 9.13 Å². The van der Waals surface area contributed by atoms with Crippen molar-refractivity contribution in [3.05, 3.63) is 0 Å². The van der Waals surface area contributed by atoms with E-state index < -0.39 is 97.5 Å². The Labute approximate surface area is 651 Å². The summed E-state index contributed by atoms with van der Waals surface area (Å²) in [6.07, 6.45) is 73.6. The third kappa shape index (κ3) is 80.1. The maximum atomic E-state index is 13.2. The topological polar surface area (TPSA) is 237 Å². The van der Waals surface area contributed by atoms with E-state index in [0.717, 1.165) is 95.8 Å². The second kappa shape index (κ2) is 79.7. The Kier molecular flexibility index (Phi) is 78.2. The van der Waals surface area contributed by atoms with Crippen LogP contribution in [0.4, 0.5) is 0 Å². The Morgan fingerprint density at radius 1 is 0.255 bits per heavy atom. The first kappa shape index (κ1) is 104. The second-order valence-electron chi connectivity index (χ2n) is 31.8. The van der Waals surface area contributed by atoms with Crippen molar-refractivity contribution in [2.24, 2.45) is 5.92 Å². The number of esters is 4. The quantitative estimate of drug-likeness (QED) is 0.0222. The summed E-state index contributed by atoms with van der Waals surface area (Å²) in [7, 11) is -9.93. The zero-order valence-corrected chi connectivity index (χ0v) is 71.4. The van der Waals surface area contributed by atoms with Gasteiger partial charge in [-0.15, -0.1) is 0 Å². The predicted molar refractivity (Wildman–Crippen MR) is 437 cm³/mol. The molecule has 0 rings (SSSR count). The molecule has 2 unspecified atom stereocenters. The zero-order chi connectivity index (χ0) is 77.6. The number of aliphatic hydroxyl groups excluding tert-OH is 1. The van der Waals surface area contributed by atoms with E-state index in [4.69, 9.17) is 37.0 Å². The average molecular weight is 1550 g/mol. The molecule has 106 heavy (non-hydrogen) atoms. The first-order valence-electron chi connectivity index (χ1n) is 45.1. The van der Waals surface area contributed by atoms with Crippen LogP contribution in [0.15, 0.2) is 0 Å². The Morgan fingerprint density at radius 3 is 0.642 bits per heavy atom. The summed E-state index contributed by atoms with van der Waals surface area (Å²) >= 11 is 0. The summed E-state index contributed by atoms with van der Waals surface area (Å²) in [5.74, 6) is -1.33. The van der Waals surface area contributed by atoms with Crippen LogP contribution in [0.5, 0.6) is 0 Å². The van der Waals surface area contributed by atoms with Gasteiger partial charge in [0.1, 0.15) is 19.3 Å². The number of ether oxygens (including phenoxy) is 4. The van der Waals surface area contributed by atoms with Crippen molar-refractivity contribution in [3.63, 3.8) is 0 Å². The van der Waals surface area contributed by atoms with Crippen LogP contribution in [-0.2, 0) is 65.4 Å². The number of phosphoric acid groups is 2. The minimum absolute atomic E-state index is 0.107. The lowest BCUT2D eigenvalue weighted by Gasteiger charge is -2.21. The molecule has 19 heteroatoms. The van der Waals surface area contributed by atoms with Gasteiger partial charge in [-0.2, -0.15) is 0 Å². The molecule has 0 aromatic rings. The first-order valence-corrected chi connectivity index (χ1v) is 48.1. The molecule has 3 N–H and O–H groups in total. The molecule has 17 nitrogen and oxygen atoms in total. The Hall–Kier alpha value is -1.94. The molecule has 0 fully saturated rings. The van der Waals surface area contributed by atoms with E-state index in [0.29, 0.717) is 25.7 Å². The number of hydrogen-bond acceptors (Lipinski definition) is 15. The highest BCUT2D eigenvalue weighted by Crippen LogP contribution is 2.45. The summed E-state index contributed by atoms with van der Waals surface area (Å²) in [5, 5.41) is 10.7. The average Bonchev–Trinajstić information content (AvgIpc) is 0.904. The highest BCUT2D eigenvalue weighted by atomic mass is 31.2. The third-order valence-corrected chi connectivity index (χ3v) is 22.4. The normalized spacial score (nSPS) is 13.7. The molecule has 0 aliphatic carbocycles. The van der Waals surface area contributed by atoms with E-state index in [1.54, 1.807) is 0 Å². The van der Waals surface area contributed by atoms with Gasteiger partial charge in [-0.05, 0) is 31.6 Å². The number of hydrogen-bond donors (Lipinski definition) is 3. The predicted octanol–water partition coefficient (Wildman–Crippen LogP) is 26.8. The van der Waals surface area contributed by atoms with Crippen molar-refractivity contribution in [2.75, 3.05) is 39.6 Å². The number of rotatable bonds is 87. The molecule has 0 aromatic carbocycles. The number of phosphoric ester groups is 2. The van der Waals surface area contributed by atoms with Crippen LogP contribution in [0.1, 0.15) is 471 Å². The van der Waals surface area contributed by atoms with E-state index in [1.165, 1.54) is 295 Å². The van der Waals surface area contributed by atoms with Gasteiger partial charge in [-0.1, -0.05) is 420 Å². The molecule has 0 aromatic heterocycles. The molecule has 0 aliphatic heterocycles. The van der Waals surface area contributed by atoms with Crippen molar-refractivity contribution in [3.8, 4) is 0 Å². The number of carbonyl (C=O) groups is 4. The Balaban J connectivity index is 5.25. The van der Waals surface area contributed by atoms with Crippen molar-refractivity contribution in [2.45, 2.75) is 490 Å². The molecule has 0 heterocycles. The van der Waals surface area contributed by atoms with E-state index in [1.807, 2.05) is 0 Å². The standard InChI is InChI=1S/C87H170O17P2/c1-6-9-12-15-18-21-24-27-29-31-33-34-35-37-39-42-47-52-57-62-67-72-86(91)103-82(76-98-85(90)71-66-61-56-51-46-41-38-36-32-30-28-25-22-19-16-13-10-7-2)78-101-105(93,94)99-74-81(88)75-100-106(95,96)102-79-83(77-97-84(89)70-65-60-55-50-45-40-26-23-20-17-14-11-8-3)104-87(92)73-68-63-58-53-48-43-44-49-54-59-64-69-80(4)5/h80-83,88H,6-79H2,1-5H3,(H,93,94)(H,95,96)/t81-,82-,83-/m1/s1. The summed E-state index contributed by atoms with van der Waals surface area (Å²) in [4.78, 5) is 73.3. The third-order valence-electron chi connectivity index (χ3n) is 20.5. The fraction of sp³-hybridized carbons (Fsp3) is 0.954. The maximum absolute atomic E-state index is 13.2. The summed E-state index contributed by atoms with van der Waals surface area (Å²) < 4.78 is 69.0. The molecule has 630 valence electrons. The first-order chi connectivity index (χ1) is 51.5. The molecule has 0 aliphatic rings. The van der Waals surface area contributed by atoms with E-state index >= 15 is 0 Å². The highest BCUT2D eigenvalue weighted by Gasteiger charge is 2.30. The van der Waals surface area contributed by atoms with E-state index in [9.17, 15) is 43.2 Å². The molecule has 5 atom stereocenters. The van der Waals surface area contributed by atoms with E-state index in [2.05, 4.69) is 34.6 Å². The van der Waals surface area contributed by atoms with Crippen LogP contribution in [0.3, 0.4) is 0 Å². The van der Waals surface area contributed by atoms with Crippen molar-refractivity contribution in [1.29, 1.82) is 0 Å². The molecule has 0 saturated heterocycles. The Morgan fingerprint density at radius 2 is 0.434 bits per heavy atom. The lowest BCUT2D eigenvalue weighted by molar-refractivity contribution is -0.161. The van der Waals surface area contributed by atoms with Crippen LogP contribution in [0, 0.1) is 5.92 Å². The molecule has 0 amide bonds. The largest absolute Gasteiger partial charge is 0.472 e. The van der Waals surface area contributed by atoms with Crippen LogP contribution in [0.2, 0.25) is 0 Å². The monoisotopic (exact) mass is 1550 g/mol. The SMILES string of the molecule is CCCCCCCCCCCCCCCCCCCCCCCC(=O)O[C@H](COC(=O)CCCCCCCCCCCCCCCCCCCC)COP(=O)(O)OC[C@@H](O)COP(=O)(O)OC[C@@H](COC(=O)CCCCCCCCCCCCCCC)OC(=O)CCCCCCCCCCCCCC(C)C. The van der Waals surface area contributed by atoms with Gasteiger partial charge >= 0.3 is 39.5 Å². The molecule has 0 spiro atoms. The molecule has 0 radical (unpaired) electrons. The van der Waals surface area contributed by atoms with Crippen molar-refractivity contribution < 1.29 is 80.2 Å². The molecular weight excluding hydrogens is 1380 g/mol. The second-order valence-corrected chi connectivity index (χ2v) is 34.7. The van der Waals surface area contributed by atoms with Gasteiger partial charge in [0, 0.05) is 25.7 Å². The fourth-order valence-electron chi connectivity index (χ4n) is 13.6. The fourth-order valence-corrected chi connectivity index (χ4v) is 15.2. The summed E-state index contributed by atoms with van der Waals surface area (Å²) in [5.41, 5.74) is 0. The molecule has 0 saturated carbocycles. The minimum atomic E-state index is -4.97. The maximum Gasteiger partial charge on any atom is 0.472 e. The van der Waals surface area contributed by atoms with Gasteiger partial charge in [-0.3, -0.25) is 37.3 Å². The van der Waals surface area contributed by atoms with Gasteiger partial charge in [0.2, 0.25) is 0 Å². The highest BCUT2D eigenvalue weighted by molar-refractivity contribution is 7.47.